The highest BCUT2D eigenvalue weighted by Crippen LogP contribution is 2.25. The molecular formula is C20H15F2N5OS. The maximum Gasteiger partial charge on any atom is 0.272 e. The van der Waals surface area contributed by atoms with Crippen LogP contribution >= 0.6 is 11.9 Å². The van der Waals surface area contributed by atoms with Crippen molar-refractivity contribution >= 4 is 40.4 Å². The fourth-order valence-electron chi connectivity index (χ4n) is 2.83. The monoisotopic (exact) mass is 411 g/mol. The molecular weight excluding hydrogens is 396 g/mol. The van der Waals surface area contributed by atoms with E-state index in [0.717, 1.165) is 11.0 Å². The lowest BCUT2D eigenvalue weighted by Crippen LogP contribution is -2.15. The van der Waals surface area contributed by atoms with Crippen molar-refractivity contribution in [1.82, 2.24) is 14.5 Å². The van der Waals surface area contributed by atoms with Crippen molar-refractivity contribution in [2.75, 3.05) is 10.0 Å². The summed E-state index contributed by atoms with van der Waals surface area (Å²) in [6.45, 7) is 0. The fourth-order valence-corrected chi connectivity index (χ4v) is 3.42. The van der Waals surface area contributed by atoms with Crippen molar-refractivity contribution < 1.29 is 13.6 Å². The smallest absolute Gasteiger partial charge is 0.272 e. The number of rotatable bonds is 5. The number of hydrogen-bond donors (Lipinski definition) is 2. The van der Waals surface area contributed by atoms with E-state index < -0.39 is 17.5 Å². The Balaban J connectivity index is 1.47. The number of aromatic nitrogens is 3. The van der Waals surface area contributed by atoms with Crippen LogP contribution in [0.4, 0.5) is 20.4 Å². The number of anilines is 2. The van der Waals surface area contributed by atoms with Crippen molar-refractivity contribution in [3.63, 3.8) is 0 Å². The lowest BCUT2D eigenvalue weighted by molar-refractivity contribution is 0.101. The molecule has 6 nitrogen and oxygen atoms in total. The quantitative estimate of drug-likeness (QED) is 0.469. The molecule has 0 aliphatic rings. The van der Waals surface area contributed by atoms with Crippen LogP contribution in [-0.2, 0) is 7.05 Å². The van der Waals surface area contributed by atoms with Gasteiger partial charge in [0, 0.05) is 41.5 Å². The molecule has 4 rings (SSSR count). The van der Waals surface area contributed by atoms with E-state index in [-0.39, 0.29) is 11.1 Å². The normalized spacial score (nSPS) is 10.9. The topological polar surface area (TPSA) is 71.8 Å². The molecule has 2 heterocycles. The number of nitrogens with one attached hydrogen (secondary N) is 2. The third-order valence-corrected chi connectivity index (χ3v) is 5.04. The van der Waals surface area contributed by atoms with E-state index in [9.17, 15) is 13.6 Å². The number of halogens is 2. The third-order valence-electron chi connectivity index (χ3n) is 4.25. The maximum atomic E-state index is 14.0. The van der Waals surface area contributed by atoms with Gasteiger partial charge in [-0.1, -0.05) is 0 Å². The molecule has 0 unspecified atom stereocenters. The number of amides is 1. The van der Waals surface area contributed by atoms with Crippen LogP contribution in [0.3, 0.4) is 0 Å². The molecule has 0 atom stereocenters. The van der Waals surface area contributed by atoms with Crippen molar-refractivity contribution in [3.8, 4) is 0 Å². The van der Waals surface area contributed by atoms with Crippen LogP contribution < -0.4 is 10.0 Å². The molecule has 0 radical (unpaired) electrons. The second-order valence-electron chi connectivity index (χ2n) is 6.16. The van der Waals surface area contributed by atoms with Gasteiger partial charge in [-0.15, -0.1) is 0 Å². The van der Waals surface area contributed by atoms with Gasteiger partial charge in [-0.2, -0.15) is 0 Å². The van der Waals surface area contributed by atoms with Gasteiger partial charge < -0.3 is 9.88 Å². The SMILES string of the molecule is Cn1c(C(=O)Nc2ccc(SNc3ncccn3)cc2)cc2c(F)cc(F)cc21. The molecule has 9 heteroatoms. The van der Waals surface area contributed by atoms with E-state index in [1.54, 1.807) is 37.6 Å². The van der Waals surface area contributed by atoms with Crippen LogP contribution in [0.25, 0.3) is 10.9 Å². The molecule has 2 aromatic heterocycles. The maximum absolute atomic E-state index is 14.0. The standard InChI is InChI=1S/C20H15F2N5OS/c1-27-17-10-12(21)9-16(22)15(17)11-18(27)19(28)25-13-3-5-14(6-4-13)29-26-20-23-7-2-8-24-20/h2-11H,1H3,(H,25,28)(H,23,24,26). The molecule has 146 valence electrons. The summed E-state index contributed by atoms with van der Waals surface area (Å²) >= 11 is 1.34. The number of hydrogen-bond acceptors (Lipinski definition) is 5. The van der Waals surface area contributed by atoms with E-state index in [2.05, 4.69) is 20.0 Å². The number of carbonyl (C=O) groups excluding carboxylic acids is 1. The van der Waals surface area contributed by atoms with E-state index in [1.807, 2.05) is 12.1 Å². The number of fused-ring (bicyclic) bond motifs is 1. The minimum atomic E-state index is -0.703. The predicted octanol–water partition coefficient (Wildman–Crippen LogP) is 4.62. The molecule has 0 bridgehead atoms. The van der Waals surface area contributed by atoms with Gasteiger partial charge in [0.2, 0.25) is 5.95 Å². The highest BCUT2D eigenvalue weighted by molar-refractivity contribution is 8.00. The van der Waals surface area contributed by atoms with Gasteiger partial charge in [-0.05, 0) is 54.4 Å². The summed E-state index contributed by atoms with van der Waals surface area (Å²) in [6.07, 6.45) is 3.28. The molecule has 0 fully saturated rings. The molecule has 0 spiro atoms. The fraction of sp³-hybridized carbons (Fsp3) is 0.0500. The zero-order chi connectivity index (χ0) is 20.4. The summed E-state index contributed by atoms with van der Waals surface area (Å²) in [6, 6.07) is 12.3. The Bertz CT molecular complexity index is 1180. The molecule has 2 aromatic carbocycles. The molecule has 4 aromatic rings. The zero-order valence-electron chi connectivity index (χ0n) is 15.2. The highest BCUT2D eigenvalue weighted by atomic mass is 32.2. The summed E-state index contributed by atoms with van der Waals surface area (Å²) in [5.41, 5.74) is 1.12. The first-order chi connectivity index (χ1) is 14.0. The lowest BCUT2D eigenvalue weighted by Gasteiger charge is -2.08. The predicted molar refractivity (Wildman–Crippen MR) is 109 cm³/mol. The second kappa shape index (κ2) is 7.88. The lowest BCUT2D eigenvalue weighted by atomic mass is 10.2. The Labute approximate surface area is 169 Å². The summed E-state index contributed by atoms with van der Waals surface area (Å²) in [4.78, 5) is 21.7. The van der Waals surface area contributed by atoms with Crippen LogP contribution in [0.5, 0.6) is 0 Å². The first-order valence-electron chi connectivity index (χ1n) is 8.57. The molecule has 0 aliphatic carbocycles. The molecule has 0 aliphatic heterocycles. The Hall–Kier alpha value is -3.46. The Morgan fingerprint density at radius 1 is 1.07 bits per heavy atom. The number of nitrogens with zero attached hydrogens (tertiary/aromatic N) is 3. The number of aryl methyl sites for hydroxylation is 1. The van der Waals surface area contributed by atoms with Gasteiger partial charge in [0.15, 0.2) is 0 Å². The van der Waals surface area contributed by atoms with Crippen LogP contribution in [0.1, 0.15) is 10.5 Å². The van der Waals surface area contributed by atoms with Gasteiger partial charge in [-0.3, -0.25) is 9.52 Å². The van der Waals surface area contributed by atoms with Gasteiger partial charge in [-0.25, -0.2) is 18.7 Å². The van der Waals surface area contributed by atoms with Crippen molar-refractivity contribution in [2.24, 2.45) is 7.05 Å². The first-order valence-corrected chi connectivity index (χ1v) is 9.38. The Kier molecular flexibility index (Phi) is 5.13. The van der Waals surface area contributed by atoms with E-state index in [1.165, 1.54) is 28.6 Å². The molecule has 0 saturated heterocycles. The zero-order valence-corrected chi connectivity index (χ0v) is 16.0. The van der Waals surface area contributed by atoms with Crippen molar-refractivity contribution in [1.29, 1.82) is 0 Å². The number of carbonyl (C=O) groups is 1. The van der Waals surface area contributed by atoms with Crippen LogP contribution in [0, 0.1) is 11.6 Å². The Morgan fingerprint density at radius 3 is 2.52 bits per heavy atom. The van der Waals surface area contributed by atoms with E-state index in [0.29, 0.717) is 17.2 Å². The minimum absolute atomic E-state index is 0.194. The summed E-state index contributed by atoms with van der Waals surface area (Å²) in [5.74, 6) is -1.31. The van der Waals surface area contributed by atoms with E-state index in [4.69, 9.17) is 0 Å². The molecule has 2 N–H and O–H groups in total. The number of benzene rings is 2. The molecule has 1 amide bonds. The summed E-state index contributed by atoms with van der Waals surface area (Å²) in [5, 5.41) is 2.96. The van der Waals surface area contributed by atoms with Crippen LogP contribution in [0.2, 0.25) is 0 Å². The summed E-state index contributed by atoms with van der Waals surface area (Å²) < 4.78 is 31.9. The first kappa shape index (κ1) is 18.9. The van der Waals surface area contributed by atoms with Crippen molar-refractivity contribution in [3.05, 3.63) is 78.3 Å². The largest absolute Gasteiger partial charge is 0.339 e. The van der Waals surface area contributed by atoms with E-state index >= 15 is 0 Å². The van der Waals surface area contributed by atoms with Crippen LogP contribution in [0.15, 0.2) is 65.8 Å². The van der Waals surface area contributed by atoms with Gasteiger partial charge in [0.25, 0.3) is 5.91 Å². The van der Waals surface area contributed by atoms with Gasteiger partial charge in [0.05, 0.1) is 5.52 Å². The average molecular weight is 411 g/mol. The molecule has 0 saturated carbocycles. The third kappa shape index (κ3) is 4.04. The summed E-state index contributed by atoms with van der Waals surface area (Å²) in [7, 11) is 1.59. The van der Waals surface area contributed by atoms with Gasteiger partial charge in [0.1, 0.15) is 17.3 Å². The minimum Gasteiger partial charge on any atom is -0.339 e. The van der Waals surface area contributed by atoms with Crippen molar-refractivity contribution in [2.45, 2.75) is 4.90 Å². The Morgan fingerprint density at radius 2 is 1.79 bits per heavy atom. The molecule has 29 heavy (non-hydrogen) atoms. The highest BCUT2D eigenvalue weighted by Gasteiger charge is 2.17. The van der Waals surface area contributed by atoms with Gasteiger partial charge >= 0.3 is 0 Å². The second-order valence-corrected chi connectivity index (χ2v) is 7.04. The average Bonchev–Trinajstić information content (AvgIpc) is 3.05. The van der Waals surface area contributed by atoms with Crippen LogP contribution in [-0.4, -0.2) is 20.4 Å².